The summed E-state index contributed by atoms with van der Waals surface area (Å²) in [4.78, 5) is 3.36. The van der Waals surface area contributed by atoms with Crippen LogP contribution in [-0.4, -0.2) is 55.2 Å². The van der Waals surface area contributed by atoms with Crippen molar-refractivity contribution in [1.82, 2.24) is 10.3 Å². The third-order valence-electron chi connectivity index (χ3n) is 5.64. The van der Waals surface area contributed by atoms with E-state index in [2.05, 4.69) is 34.7 Å². The fourth-order valence-corrected chi connectivity index (χ4v) is 4.36. The summed E-state index contributed by atoms with van der Waals surface area (Å²) < 4.78 is 11.2. The molecule has 1 aromatic heterocycles. The van der Waals surface area contributed by atoms with Crippen LogP contribution in [0.2, 0.25) is 5.02 Å². The molecule has 4 rings (SSSR count). The number of hydrogen-bond acceptors (Lipinski definition) is 4. The topological polar surface area (TPSA) is 66.5 Å². The highest BCUT2D eigenvalue weighted by molar-refractivity contribution is 6.31. The first kappa shape index (κ1) is 21.3. The Bertz CT molecular complexity index is 939. The standard InChI is InChI=1S/C24H29ClN2O3/c25-23-9-3-1-7-19(23)21(22-14-27-24-10-4-2-8-20(22)24)13-26-12-17(28)15-29-16-18-6-5-11-30-18/h1-4,7-10,14,17-18,21,26-28H,5-6,11-13,15-16H2/t17-,18+,21-/m1/s1. The molecule has 1 fully saturated rings. The number of benzene rings is 2. The second-order valence-electron chi connectivity index (χ2n) is 7.85. The van der Waals surface area contributed by atoms with Crippen LogP contribution in [0, 0.1) is 0 Å². The van der Waals surface area contributed by atoms with Gasteiger partial charge in [0, 0.05) is 47.7 Å². The first-order valence-electron chi connectivity index (χ1n) is 10.6. The van der Waals surface area contributed by atoms with Crippen molar-refractivity contribution < 1.29 is 14.6 Å². The zero-order chi connectivity index (χ0) is 20.8. The molecule has 3 N–H and O–H groups in total. The minimum absolute atomic E-state index is 0.0647. The van der Waals surface area contributed by atoms with Gasteiger partial charge in [-0.1, -0.05) is 48.0 Å². The number of aromatic amines is 1. The molecule has 0 spiro atoms. The lowest BCUT2D eigenvalue weighted by Crippen LogP contribution is -2.34. The van der Waals surface area contributed by atoms with E-state index in [1.807, 2.05) is 30.3 Å². The number of halogens is 1. The van der Waals surface area contributed by atoms with Crippen LogP contribution in [0.4, 0.5) is 0 Å². The van der Waals surface area contributed by atoms with E-state index in [4.69, 9.17) is 21.1 Å². The summed E-state index contributed by atoms with van der Waals surface area (Å²) in [6, 6.07) is 16.2. The van der Waals surface area contributed by atoms with Crippen molar-refractivity contribution >= 4 is 22.5 Å². The Hall–Kier alpha value is -1.89. The van der Waals surface area contributed by atoms with Crippen LogP contribution in [-0.2, 0) is 9.47 Å². The predicted molar refractivity (Wildman–Crippen MR) is 120 cm³/mol. The summed E-state index contributed by atoms with van der Waals surface area (Å²) in [6.45, 7) is 2.78. The largest absolute Gasteiger partial charge is 0.389 e. The smallest absolute Gasteiger partial charge is 0.0897 e. The molecule has 160 valence electrons. The molecule has 0 amide bonds. The molecular formula is C24H29ClN2O3. The van der Waals surface area contributed by atoms with Gasteiger partial charge in [0.2, 0.25) is 0 Å². The molecule has 5 nitrogen and oxygen atoms in total. The molecule has 0 saturated carbocycles. The molecule has 3 atom stereocenters. The molecule has 3 aromatic rings. The molecule has 30 heavy (non-hydrogen) atoms. The van der Waals surface area contributed by atoms with Gasteiger partial charge in [-0.2, -0.15) is 0 Å². The van der Waals surface area contributed by atoms with Crippen LogP contribution in [0.3, 0.4) is 0 Å². The molecule has 1 saturated heterocycles. The molecule has 0 radical (unpaired) electrons. The summed E-state index contributed by atoms with van der Waals surface area (Å²) in [6.07, 6.45) is 3.80. The fourth-order valence-electron chi connectivity index (χ4n) is 4.09. The van der Waals surface area contributed by atoms with Crippen molar-refractivity contribution in [3.8, 4) is 0 Å². The van der Waals surface area contributed by atoms with Gasteiger partial charge in [0.05, 0.1) is 25.4 Å². The number of H-pyrrole nitrogens is 1. The summed E-state index contributed by atoms with van der Waals surface area (Å²) in [5, 5.41) is 15.6. The van der Waals surface area contributed by atoms with Crippen LogP contribution in [0.1, 0.15) is 29.9 Å². The zero-order valence-corrected chi connectivity index (χ0v) is 17.8. The highest BCUT2D eigenvalue weighted by atomic mass is 35.5. The second-order valence-corrected chi connectivity index (χ2v) is 8.26. The van der Waals surface area contributed by atoms with Gasteiger partial charge in [0.25, 0.3) is 0 Å². The Morgan fingerprint density at radius 2 is 1.97 bits per heavy atom. The second kappa shape index (κ2) is 10.4. The lowest BCUT2D eigenvalue weighted by molar-refractivity contribution is -0.0164. The maximum atomic E-state index is 10.3. The van der Waals surface area contributed by atoms with Crippen molar-refractivity contribution in [1.29, 1.82) is 0 Å². The van der Waals surface area contributed by atoms with E-state index in [1.165, 1.54) is 10.9 Å². The molecule has 0 bridgehead atoms. The summed E-state index contributed by atoms with van der Waals surface area (Å²) in [7, 11) is 0. The van der Waals surface area contributed by atoms with E-state index >= 15 is 0 Å². The minimum Gasteiger partial charge on any atom is -0.389 e. The van der Waals surface area contributed by atoms with Gasteiger partial charge >= 0.3 is 0 Å². The molecular weight excluding hydrogens is 400 g/mol. The monoisotopic (exact) mass is 428 g/mol. The quantitative estimate of drug-likeness (QED) is 0.455. The third kappa shape index (κ3) is 5.23. The van der Waals surface area contributed by atoms with Gasteiger partial charge in [-0.3, -0.25) is 0 Å². The number of hydrogen-bond donors (Lipinski definition) is 3. The Balaban J connectivity index is 1.39. The molecule has 1 aliphatic heterocycles. The molecule has 0 aliphatic carbocycles. The molecule has 2 heterocycles. The van der Waals surface area contributed by atoms with Crippen molar-refractivity contribution in [2.45, 2.75) is 31.0 Å². The summed E-state index contributed by atoms with van der Waals surface area (Å²) in [5.41, 5.74) is 3.36. The predicted octanol–water partition coefficient (Wildman–Crippen LogP) is 4.10. The summed E-state index contributed by atoms with van der Waals surface area (Å²) in [5.74, 6) is 0.0647. The normalized spacial score (nSPS) is 18.7. The first-order valence-corrected chi connectivity index (χ1v) is 11.0. The average Bonchev–Trinajstić information content (AvgIpc) is 3.42. The van der Waals surface area contributed by atoms with E-state index in [1.54, 1.807) is 0 Å². The Morgan fingerprint density at radius 3 is 2.80 bits per heavy atom. The molecule has 1 aliphatic rings. The van der Waals surface area contributed by atoms with E-state index in [0.717, 1.165) is 35.6 Å². The number of fused-ring (bicyclic) bond motifs is 1. The number of aromatic nitrogens is 1. The number of para-hydroxylation sites is 1. The van der Waals surface area contributed by atoms with Crippen LogP contribution in [0.5, 0.6) is 0 Å². The average molecular weight is 429 g/mol. The number of aliphatic hydroxyl groups is 1. The van der Waals surface area contributed by atoms with Crippen molar-refractivity contribution in [3.05, 3.63) is 70.9 Å². The van der Waals surface area contributed by atoms with Crippen molar-refractivity contribution in [2.75, 3.05) is 32.9 Å². The number of rotatable bonds is 10. The van der Waals surface area contributed by atoms with Gasteiger partial charge in [-0.25, -0.2) is 0 Å². The lowest BCUT2D eigenvalue weighted by Gasteiger charge is -2.21. The molecule has 6 heteroatoms. The van der Waals surface area contributed by atoms with Crippen LogP contribution < -0.4 is 5.32 Å². The number of ether oxygens (including phenoxy) is 2. The van der Waals surface area contributed by atoms with Crippen LogP contribution >= 0.6 is 11.6 Å². The van der Waals surface area contributed by atoms with Crippen LogP contribution in [0.15, 0.2) is 54.7 Å². The van der Waals surface area contributed by atoms with Gasteiger partial charge in [-0.05, 0) is 36.1 Å². The molecule has 2 aromatic carbocycles. The Morgan fingerprint density at radius 1 is 1.13 bits per heavy atom. The zero-order valence-electron chi connectivity index (χ0n) is 17.0. The van der Waals surface area contributed by atoms with Gasteiger partial charge < -0.3 is 24.9 Å². The van der Waals surface area contributed by atoms with E-state index in [0.29, 0.717) is 26.3 Å². The highest BCUT2D eigenvalue weighted by Crippen LogP contribution is 2.34. The number of nitrogens with one attached hydrogen (secondary N) is 2. The maximum absolute atomic E-state index is 10.3. The maximum Gasteiger partial charge on any atom is 0.0897 e. The van der Waals surface area contributed by atoms with Crippen molar-refractivity contribution in [2.24, 2.45) is 0 Å². The van der Waals surface area contributed by atoms with E-state index < -0.39 is 6.10 Å². The minimum atomic E-state index is -0.568. The summed E-state index contributed by atoms with van der Waals surface area (Å²) >= 11 is 6.54. The Labute approximate surface area is 182 Å². The van der Waals surface area contributed by atoms with E-state index in [9.17, 15) is 5.11 Å². The fraction of sp³-hybridized carbons (Fsp3) is 0.417. The SMILES string of the molecule is O[C@H](CNC[C@H](c1ccccc1Cl)c1c[nH]c2ccccc12)COC[C@@H]1CCCO1. The third-order valence-corrected chi connectivity index (χ3v) is 5.99. The van der Waals surface area contributed by atoms with Gasteiger partial charge in [0.1, 0.15) is 0 Å². The lowest BCUT2D eigenvalue weighted by atomic mass is 9.90. The first-order chi connectivity index (χ1) is 14.7. The Kier molecular flexibility index (Phi) is 7.42. The van der Waals surface area contributed by atoms with Gasteiger partial charge in [-0.15, -0.1) is 0 Å². The molecule has 0 unspecified atom stereocenters. The number of aliphatic hydroxyl groups excluding tert-OH is 1. The van der Waals surface area contributed by atoms with Gasteiger partial charge in [0.15, 0.2) is 0 Å². The van der Waals surface area contributed by atoms with Crippen LogP contribution in [0.25, 0.3) is 10.9 Å². The van der Waals surface area contributed by atoms with Crippen molar-refractivity contribution in [3.63, 3.8) is 0 Å². The highest BCUT2D eigenvalue weighted by Gasteiger charge is 2.21. The van der Waals surface area contributed by atoms with E-state index in [-0.39, 0.29) is 12.0 Å².